The normalized spacial score (nSPS) is 10.4. The molecule has 2 N–H and O–H groups in total. The summed E-state index contributed by atoms with van der Waals surface area (Å²) in [4.78, 5) is 57.1. The number of aromatic nitrogens is 2. The first-order valence-electron chi connectivity index (χ1n) is 12.1. The topological polar surface area (TPSA) is 137 Å². The van der Waals surface area contributed by atoms with Crippen LogP contribution in [-0.4, -0.2) is 47.9 Å². The number of rotatable bonds is 7. The van der Waals surface area contributed by atoms with Gasteiger partial charge in [0.25, 0.3) is 11.8 Å². The minimum Gasteiger partial charge on any atom is -0.465 e. The highest BCUT2D eigenvalue weighted by Crippen LogP contribution is 2.34. The molecule has 0 fully saturated rings. The van der Waals surface area contributed by atoms with Gasteiger partial charge < -0.3 is 20.1 Å². The summed E-state index contributed by atoms with van der Waals surface area (Å²) in [5, 5.41) is 5.75. The number of hydrogen-bond acceptors (Lipinski definition) is 8. The van der Waals surface area contributed by atoms with Crippen LogP contribution in [0.4, 0.5) is 11.4 Å². The number of benzene rings is 2. The minimum atomic E-state index is -0.537. The van der Waals surface area contributed by atoms with Crippen LogP contribution in [0, 0.1) is 13.8 Å². The number of methoxy groups -OCH3 is 2. The van der Waals surface area contributed by atoms with E-state index in [1.807, 2.05) is 38.1 Å². The van der Waals surface area contributed by atoms with Gasteiger partial charge in [-0.3, -0.25) is 19.6 Å². The van der Waals surface area contributed by atoms with Gasteiger partial charge in [0.2, 0.25) is 0 Å². The predicted molar refractivity (Wildman–Crippen MR) is 148 cm³/mol. The number of amides is 2. The lowest BCUT2D eigenvalue weighted by molar-refractivity contribution is 0.0591. The summed E-state index contributed by atoms with van der Waals surface area (Å²) in [5.41, 5.74) is 5.31. The second-order valence-electron chi connectivity index (χ2n) is 8.71. The van der Waals surface area contributed by atoms with Crippen LogP contribution in [0.2, 0.25) is 0 Å². The molecule has 0 bridgehead atoms. The van der Waals surface area contributed by atoms with Crippen molar-refractivity contribution in [2.45, 2.75) is 13.8 Å². The monoisotopic (exact) mass is 538 g/mol. The van der Waals surface area contributed by atoms with Crippen molar-refractivity contribution >= 4 is 35.1 Å². The Morgan fingerprint density at radius 3 is 1.32 bits per heavy atom. The number of anilines is 2. The van der Waals surface area contributed by atoms with Gasteiger partial charge in [0.15, 0.2) is 0 Å². The van der Waals surface area contributed by atoms with Crippen LogP contribution in [0.5, 0.6) is 0 Å². The summed E-state index contributed by atoms with van der Waals surface area (Å²) in [5.74, 6) is -1.94. The predicted octanol–water partition coefficient (Wildman–Crippen LogP) is 4.84. The average molecular weight is 539 g/mol. The van der Waals surface area contributed by atoms with Crippen molar-refractivity contribution in [1.82, 2.24) is 9.97 Å². The lowest BCUT2D eigenvalue weighted by Gasteiger charge is -2.17. The molecule has 2 heterocycles. The highest BCUT2D eigenvalue weighted by atomic mass is 16.5. The maximum Gasteiger partial charge on any atom is 0.339 e. The van der Waals surface area contributed by atoms with Gasteiger partial charge in [-0.2, -0.15) is 0 Å². The number of carbonyl (C=O) groups is 4. The summed E-state index contributed by atoms with van der Waals surface area (Å²) in [6.07, 6.45) is 2.58. The van der Waals surface area contributed by atoms with E-state index < -0.39 is 23.8 Å². The number of nitrogens with zero attached hydrogens (tertiary/aromatic N) is 2. The standard InChI is InChI=1S/C30H26N4O6/c1-17-21(7-5-9-23(17)33-27(35)25-13-11-19(15-31-25)29(37)39-3)22-8-6-10-24(18(22)2)34-28(36)26-14-12-20(16-32-26)30(38)40-4/h5-16H,1-4H3,(H,33,35)(H,34,36). The van der Waals surface area contributed by atoms with Gasteiger partial charge in [0, 0.05) is 23.8 Å². The van der Waals surface area contributed by atoms with Gasteiger partial charge in [-0.15, -0.1) is 0 Å². The van der Waals surface area contributed by atoms with E-state index in [1.165, 1.54) is 50.9 Å². The SMILES string of the molecule is COC(=O)c1ccc(C(=O)Nc2cccc(-c3cccc(NC(=O)c4ccc(C(=O)OC)cn4)c3C)c2C)nc1. The fourth-order valence-electron chi connectivity index (χ4n) is 4.03. The number of nitrogens with one attached hydrogen (secondary N) is 2. The second kappa shape index (κ2) is 12.0. The van der Waals surface area contributed by atoms with Gasteiger partial charge in [-0.25, -0.2) is 9.59 Å². The van der Waals surface area contributed by atoms with Crippen LogP contribution in [-0.2, 0) is 9.47 Å². The molecule has 2 aromatic carbocycles. The molecular formula is C30H26N4O6. The van der Waals surface area contributed by atoms with E-state index in [0.29, 0.717) is 11.4 Å². The molecular weight excluding hydrogens is 512 g/mol. The summed E-state index contributed by atoms with van der Waals surface area (Å²) < 4.78 is 9.32. The number of pyridine rings is 2. The molecule has 0 aliphatic heterocycles. The van der Waals surface area contributed by atoms with E-state index in [9.17, 15) is 19.2 Å². The molecule has 10 nitrogen and oxygen atoms in total. The van der Waals surface area contributed by atoms with E-state index in [4.69, 9.17) is 0 Å². The van der Waals surface area contributed by atoms with Crippen LogP contribution >= 0.6 is 0 Å². The van der Waals surface area contributed by atoms with E-state index in [1.54, 1.807) is 12.1 Å². The van der Waals surface area contributed by atoms with Crippen molar-refractivity contribution in [3.63, 3.8) is 0 Å². The Morgan fingerprint density at radius 1 is 0.600 bits per heavy atom. The van der Waals surface area contributed by atoms with Crippen molar-refractivity contribution in [3.8, 4) is 11.1 Å². The highest BCUT2D eigenvalue weighted by molar-refractivity contribution is 6.05. The Hall–Kier alpha value is -5.38. The molecule has 0 saturated carbocycles. The third kappa shape index (κ3) is 5.86. The van der Waals surface area contributed by atoms with E-state index in [2.05, 4.69) is 30.1 Å². The number of esters is 2. The zero-order chi connectivity index (χ0) is 28.8. The van der Waals surface area contributed by atoms with Crippen LogP contribution in [0.25, 0.3) is 11.1 Å². The van der Waals surface area contributed by atoms with E-state index in [0.717, 1.165) is 22.3 Å². The van der Waals surface area contributed by atoms with Crippen molar-refractivity contribution < 1.29 is 28.7 Å². The number of ether oxygens (including phenoxy) is 2. The lowest BCUT2D eigenvalue weighted by atomic mass is 9.94. The maximum atomic E-state index is 12.8. The van der Waals surface area contributed by atoms with E-state index >= 15 is 0 Å². The van der Waals surface area contributed by atoms with Crippen LogP contribution in [0.1, 0.15) is 52.8 Å². The molecule has 10 heteroatoms. The first-order valence-corrected chi connectivity index (χ1v) is 12.1. The Labute approximate surface area is 230 Å². The molecule has 0 aliphatic carbocycles. The quantitative estimate of drug-likeness (QED) is 0.319. The molecule has 0 aliphatic rings. The summed E-state index contributed by atoms with van der Waals surface area (Å²) in [6, 6.07) is 16.9. The van der Waals surface area contributed by atoms with Crippen molar-refractivity contribution in [2.75, 3.05) is 24.9 Å². The molecule has 4 rings (SSSR count). The Bertz CT molecular complexity index is 1480. The van der Waals surface area contributed by atoms with Gasteiger partial charge in [-0.1, -0.05) is 24.3 Å². The van der Waals surface area contributed by atoms with Gasteiger partial charge in [0.1, 0.15) is 11.4 Å². The van der Waals surface area contributed by atoms with Gasteiger partial charge >= 0.3 is 11.9 Å². The Balaban J connectivity index is 1.55. The zero-order valence-electron chi connectivity index (χ0n) is 22.3. The second-order valence-corrected chi connectivity index (χ2v) is 8.71. The van der Waals surface area contributed by atoms with Crippen LogP contribution in [0.15, 0.2) is 73.1 Å². The molecule has 0 spiro atoms. The van der Waals surface area contributed by atoms with Crippen molar-refractivity contribution in [2.24, 2.45) is 0 Å². The molecule has 4 aromatic rings. The van der Waals surface area contributed by atoms with Gasteiger partial charge in [0.05, 0.1) is 25.3 Å². The summed E-state index contributed by atoms with van der Waals surface area (Å²) in [7, 11) is 2.54. The maximum absolute atomic E-state index is 12.8. The first kappa shape index (κ1) is 27.6. The Morgan fingerprint density at radius 2 is 1.00 bits per heavy atom. The van der Waals surface area contributed by atoms with Crippen LogP contribution < -0.4 is 10.6 Å². The third-order valence-electron chi connectivity index (χ3n) is 6.29. The van der Waals surface area contributed by atoms with Crippen LogP contribution in [0.3, 0.4) is 0 Å². The molecule has 2 aromatic heterocycles. The molecule has 2 amide bonds. The summed E-state index contributed by atoms with van der Waals surface area (Å²) >= 11 is 0. The fraction of sp³-hybridized carbons (Fsp3) is 0.133. The Kier molecular flexibility index (Phi) is 8.29. The molecule has 0 unspecified atom stereocenters. The molecule has 0 saturated heterocycles. The highest BCUT2D eigenvalue weighted by Gasteiger charge is 2.17. The largest absolute Gasteiger partial charge is 0.465 e. The van der Waals surface area contributed by atoms with Crippen molar-refractivity contribution in [1.29, 1.82) is 0 Å². The third-order valence-corrected chi connectivity index (χ3v) is 6.29. The molecule has 40 heavy (non-hydrogen) atoms. The van der Waals surface area contributed by atoms with Gasteiger partial charge in [-0.05, 0) is 72.5 Å². The molecule has 0 atom stereocenters. The fourth-order valence-corrected chi connectivity index (χ4v) is 4.03. The van der Waals surface area contributed by atoms with E-state index in [-0.39, 0.29) is 22.5 Å². The molecule has 202 valence electrons. The molecule has 0 radical (unpaired) electrons. The minimum absolute atomic E-state index is 0.145. The average Bonchev–Trinajstić information content (AvgIpc) is 2.98. The van der Waals surface area contributed by atoms with Crippen molar-refractivity contribution in [3.05, 3.63) is 107 Å². The number of hydrogen-bond donors (Lipinski definition) is 2. The number of carbonyl (C=O) groups excluding carboxylic acids is 4. The summed E-state index contributed by atoms with van der Waals surface area (Å²) in [6.45, 7) is 3.77. The lowest BCUT2D eigenvalue weighted by Crippen LogP contribution is -2.16. The first-order chi connectivity index (χ1) is 19.2. The zero-order valence-corrected chi connectivity index (χ0v) is 22.3. The smallest absolute Gasteiger partial charge is 0.339 e.